The zero-order valence-corrected chi connectivity index (χ0v) is 17.7. The molecule has 1 heterocycles. The van der Waals surface area contributed by atoms with E-state index in [4.69, 9.17) is 4.74 Å². The molecule has 1 saturated heterocycles. The van der Waals surface area contributed by atoms with E-state index in [1.54, 1.807) is 12.0 Å². The van der Waals surface area contributed by atoms with Crippen LogP contribution in [0.15, 0.2) is 11.8 Å². The van der Waals surface area contributed by atoms with E-state index in [9.17, 15) is 9.59 Å². The molecule has 27 heavy (non-hydrogen) atoms. The standard InChI is InChI=1S/C21H37N3O3/c1-6-7-24-14-16(11-21(26)23(4)8-9-27-5)10-17-13-20(25)18(12-19(17)24)15-22(2)3/h15-17,19H,6-14H2,1-5H3/t16-,17-,19-/m1/s1. The number of hydrogen-bond donors (Lipinski definition) is 0. The summed E-state index contributed by atoms with van der Waals surface area (Å²) in [4.78, 5) is 31.4. The van der Waals surface area contributed by atoms with Gasteiger partial charge in [-0.05, 0) is 37.6 Å². The first-order valence-corrected chi connectivity index (χ1v) is 10.2. The summed E-state index contributed by atoms with van der Waals surface area (Å²) < 4.78 is 5.07. The summed E-state index contributed by atoms with van der Waals surface area (Å²) in [5, 5.41) is 0. The van der Waals surface area contributed by atoms with Gasteiger partial charge in [0.05, 0.1) is 6.61 Å². The molecule has 1 aliphatic carbocycles. The first-order chi connectivity index (χ1) is 12.8. The topological polar surface area (TPSA) is 53.1 Å². The van der Waals surface area contributed by atoms with E-state index < -0.39 is 0 Å². The van der Waals surface area contributed by atoms with Gasteiger partial charge in [0.1, 0.15) is 0 Å². The van der Waals surface area contributed by atoms with Crippen molar-refractivity contribution in [1.29, 1.82) is 0 Å². The molecule has 0 aromatic rings. The van der Waals surface area contributed by atoms with Crippen molar-refractivity contribution >= 4 is 11.7 Å². The van der Waals surface area contributed by atoms with E-state index in [1.165, 1.54) is 0 Å². The van der Waals surface area contributed by atoms with Gasteiger partial charge in [0.15, 0.2) is 5.78 Å². The first-order valence-electron chi connectivity index (χ1n) is 10.2. The Hall–Kier alpha value is -1.40. The van der Waals surface area contributed by atoms with E-state index in [-0.39, 0.29) is 11.7 Å². The Morgan fingerprint density at radius 2 is 2.04 bits per heavy atom. The third kappa shape index (κ3) is 6.04. The zero-order chi connectivity index (χ0) is 20.0. The maximum atomic E-state index is 12.6. The van der Waals surface area contributed by atoms with Gasteiger partial charge in [0.25, 0.3) is 0 Å². The minimum Gasteiger partial charge on any atom is -0.383 e. The van der Waals surface area contributed by atoms with Crippen molar-refractivity contribution in [2.24, 2.45) is 11.8 Å². The van der Waals surface area contributed by atoms with Crippen molar-refractivity contribution in [3.63, 3.8) is 0 Å². The molecule has 6 nitrogen and oxygen atoms in total. The highest BCUT2D eigenvalue weighted by atomic mass is 16.5. The molecule has 1 amide bonds. The lowest BCUT2D eigenvalue weighted by Gasteiger charge is -2.47. The van der Waals surface area contributed by atoms with Crippen LogP contribution in [0.4, 0.5) is 0 Å². The van der Waals surface area contributed by atoms with Crippen LogP contribution in [0.5, 0.6) is 0 Å². The summed E-state index contributed by atoms with van der Waals surface area (Å²) >= 11 is 0. The summed E-state index contributed by atoms with van der Waals surface area (Å²) in [7, 11) is 7.44. The third-order valence-electron chi connectivity index (χ3n) is 5.82. The summed E-state index contributed by atoms with van der Waals surface area (Å²) in [6.07, 6.45) is 6.10. The number of likely N-dealkylation sites (tertiary alicyclic amines) is 1. The van der Waals surface area contributed by atoms with Gasteiger partial charge in [-0.25, -0.2) is 0 Å². The second-order valence-corrected chi connectivity index (χ2v) is 8.39. The van der Waals surface area contributed by atoms with Crippen LogP contribution in [0.25, 0.3) is 0 Å². The fourth-order valence-electron chi connectivity index (χ4n) is 4.53. The van der Waals surface area contributed by atoms with Crippen molar-refractivity contribution in [2.75, 3.05) is 54.5 Å². The molecule has 2 rings (SSSR count). The van der Waals surface area contributed by atoms with Crippen LogP contribution in [0, 0.1) is 11.8 Å². The van der Waals surface area contributed by atoms with Crippen LogP contribution in [-0.2, 0) is 14.3 Å². The minimum atomic E-state index is 0.183. The number of carbonyl (C=O) groups excluding carboxylic acids is 2. The Morgan fingerprint density at radius 1 is 1.30 bits per heavy atom. The molecule has 2 fully saturated rings. The molecular weight excluding hydrogens is 342 g/mol. The number of methoxy groups -OCH3 is 1. The van der Waals surface area contributed by atoms with Gasteiger partial charge in [0.2, 0.25) is 5.91 Å². The number of rotatable bonds is 8. The molecule has 0 aromatic carbocycles. The molecule has 0 spiro atoms. The molecule has 1 aliphatic heterocycles. The van der Waals surface area contributed by atoms with Crippen LogP contribution in [-0.4, -0.2) is 86.9 Å². The highest BCUT2D eigenvalue weighted by Gasteiger charge is 2.41. The highest BCUT2D eigenvalue weighted by molar-refractivity contribution is 5.96. The Bertz CT molecular complexity index is 547. The summed E-state index contributed by atoms with van der Waals surface area (Å²) in [6, 6.07) is 0.437. The SMILES string of the molecule is CCCN1C[C@@H](CC(=O)N(C)CCOC)C[C@@H]2CC(=O)C(=CN(C)C)C[C@H]21. The Labute approximate surface area is 164 Å². The van der Waals surface area contributed by atoms with Crippen molar-refractivity contribution in [3.05, 3.63) is 11.8 Å². The smallest absolute Gasteiger partial charge is 0.222 e. The van der Waals surface area contributed by atoms with E-state index in [2.05, 4.69) is 11.8 Å². The quantitative estimate of drug-likeness (QED) is 0.604. The number of ketones is 1. The van der Waals surface area contributed by atoms with Gasteiger partial charge >= 0.3 is 0 Å². The predicted molar refractivity (Wildman–Crippen MR) is 107 cm³/mol. The number of nitrogens with zero attached hydrogens (tertiary/aromatic N) is 3. The van der Waals surface area contributed by atoms with Gasteiger partial charge < -0.3 is 14.5 Å². The molecule has 6 heteroatoms. The summed E-state index contributed by atoms with van der Waals surface area (Å²) in [5.74, 6) is 1.18. The maximum Gasteiger partial charge on any atom is 0.222 e. The Balaban J connectivity index is 2.04. The molecule has 0 bridgehead atoms. The lowest BCUT2D eigenvalue weighted by atomic mass is 9.72. The molecule has 2 aliphatic rings. The molecule has 0 unspecified atom stereocenters. The number of piperidine rings is 1. The van der Waals surface area contributed by atoms with Gasteiger partial charge in [-0.3, -0.25) is 14.5 Å². The fraction of sp³-hybridized carbons (Fsp3) is 0.810. The van der Waals surface area contributed by atoms with E-state index in [0.717, 1.165) is 37.9 Å². The Kier molecular flexibility index (Phi) is 8.29. The highest BCUT2D eigenvalue weighted by Crippen LogP contribution is 2.39. The monoisotopic (exact) mass is 379 g/mol. The van der Waals surface area contributed by atoms with Crippen LogP contribution in [0.3, 0.4) is 0 Å². The van der Waals surface area contributed by atoms with Crippen LogP contribution in [0.1, 0.15) is 39.0 Å². The fourth-order valence-corrected chi connectivity index (χ4v) is 4.53. The van der Waals surface area contributed by atoms with Crippen molar-refractivity contribution in [1.82, 2.24) is 14.7 Å². The van der Waals surface area contributed by atoms with Crippen LogP contribution in [0.2, 0.25) is 0 Å². The molecule has 3 atom stereocenters. The molecule has 0 N–H and O–H groups in total. The van der Waals surface area contributed by atoms with Crippen LogP contribution >= 0.6 is 0 Å². The summed E-state index contributed by atoms with van der Waals surface area (Å²) in [6.45, 7) is 5.39. The van der Waals surface area contributed by atoms with E-state index >= 15 is 0 Å². The van der Waals surface area contributed by atoms with Crippen LogP contribution < -0.4 is 0 Å². The average Bonchev–Trinajstić information content (AvgIpc) is 2.60. The molecule has 0 aromatic heterocycles. The number of ether oxygens (including phenoxy) is 1. The predicted octanol–water partition coefficient (Wildman–Crippen LogP) is 2.01. The maximum absolute atomic E-state index is 12.6. The first kappa shape index (κ1) is 21.9. The lowest BCUT2D eigenvalue weighted by Crippen LogP contribution is -2.52. The third-order valence-corrected chi connectivity index (χ3v) is 5.82. The van der Waals surface area contributed by atoms with E-state index in [0.29, 0.717) is 43.9 Å². The van der Waals surface area contributed by atoms with Crippen molar-refractivity contribution < 1.29 is 14.3 Å². The number of likely N-dealkylation sites (N-methyl/N-ethyl adjacent to an activating group) is 1. The second kappa shape index (κ2) is 10.2. The largest absolute Gasteiger partial charge is 0.383 e. The van der Waals surface area contributed by atoms with Gasteiger partial charge in [0, 0.05) is 72.0 Å². The molecule has 154 valence electrons. The zero-order valence-electron chi connectivity index (χ0n) is 17.7. The number of fused-ring (bicyclic) bond motifs is 1. The molecule has 1 saturated carbocycles. The second-order valence-electron chi connectivity index (χ2n) is 8.39. The van der Waals surface area contributed by atoms with Gasteiger partial charge in [-0.15, -0.1) is 0 Å². The molecular formula is C21H37N3O3. The van der Waals surface area contributed by atoms with Crippen molar-refractivity contribution in [2.45, 2.75) is 45.1 Å². The Morgan fingerprint density at radius 3 is 2.67 bits per heavy atom. The van der Waals surface area contributed by atoms with Gasteiger partial charge in [-0.1, -0.05) is 6.92 Å². The molecule has 0 radical (unpaired) electrons. The lowest BCUT2D eigenvalue weighted by molar-refractivity contribution is -0.132. The average molecular weight is 380 g/mol. The summed E-state index contributed by atoms with van der Waals surface area (Å²) in [5.41, 5.74) is 0.955. The number of Topliss-reactive ketones (excluding diaryl/α,β-unsaturated/α-hetero) is 1. The normalized spacial score (nSPS) is 27.5. The number of hydrogen-bond acceptors (Lipinski definition) is 5. The van der Waals surface area contributed by atoms with E-state index in [1.807, 2.05) is 32.2 Å². The number of amides is 1. The van der Waals surface area contributed by atoms with Gasteiger partial charge in [-0.2, -0.15) is 0 Å². The number of carbonyl (C=O) groups is 2. The van der Waals surface area contributed by atoms with Crippen molar-refractivity contribution in [3.8, 4) is 0 Å². The minimum absolute atomic E-state index is 0.183.